The van der Waals surface area contributed by atoms with Gasteiger partial charge in [-0.15, -0.1) is 59.7 Å². The standard InChI is InChI=1S/C30H26N.C11H8N.Ir/c1-20(2)17-22-15-16-31-29(18-22)24-13-14-27-26-12-8-7-11-25(26)21(3)30(28(27)19-24)23-9-5-4-6-10-23;1-2-6-10(7-3-1)11-8-4-5-9-12-11;/h4-12,14-16,18-20H,17H2,1-3H3;1-6,8-9H;/q2*-1;/i17D2;;. The summed E-state index contributed by atoms with van der Waals surface area (Å²) in [7, 11) is 0. The van der Waals surface area contributed by atoms with Gasteiger partial charge < -0.3 is 9.97 Å². The molecule has 2 nitrogen and oxygen atoms in total. The fraction of sp³-hybridized carbons (Fsp3) is 0.122. The third-order valence-electron chi connectivity index (χ3n) is 7.42. The molecule has 0 saturated heterocycles. The molecule has 0 aliphatic carbocycles. The first kappa shape index (κ1) is 28.3. The van der Waals surface area contributed by atoms with Gasteiger partial charge in [0.15, 0.2) is 0 Å². The molecular formula is C41H34IrN2-2. The molecule has 0 saturated carbocycles. The van der Waals surface area contributed by atoms with Crippen LogP contribution in [0.2, 0.25) is 0 Å². The third-order valence-corrected chi connectivity index (χ3v) is 7.42. The molecule has 0 unspecified atom stereocenters. The van der Waals surface area contributed by atoms with Crippen LogP contribution in [0.4, 0.5) is 0 Å². The van der Waals surface area contributed by atoms with Crippen molar-refractivity contribution in [2.24, 2.45) is 5.92 Å². The summed E-state index contributed by atoms with van der Waals surface area (Å²) in [5.74, 6) is -0.132. The smallest absolute Gasteiger partial charge is 0.0318 e. The Morgan fingerprint density at radius 1 is 0.659 bits per heavy atom. The molecule has 219 valence electrons. The summed E-state index contributed by atoms with van der Waals surface area (Å²) in [6.45, 7) is 6.00. The number of aryl methyl sites for hydroxylation is 1. The molecule has 0 aliphatic heterocycles. The molecular weight excluding hydrogens is 713 g/mol. The van der Waals surface area contributed by atoms with E-state index < -0.39 is 6.37 Å². The van der Waals surface area contributed by atoms with Crippen molar-refractivity contribution in [3.8, 4) is 33.6 Å². The molecule has 1 radical (unpaired) electrons. The van der Waals surface area contributed by atoms with Crippen LogP contribution in [0, 0.1) is 25.0 Å². The second kappa shape index (κ2) is 14.4. The molecule has 0 N–H and O–H groups in total. The van der Waals surface area contributed by atoms with E-state index in [0.29, 0.717) is 5.56 Å². The fourth-order valence-electron chi connectivity index (χ4n) is 5.50. The summed E-state index contributed by atoms with van der Waals surface area (Å²) < 4.78 is 17.0. The normalized spacial score (nSPS) is 11.7. The monoisotopic (exact) mass is 749 g/mol. The molecule has 0 spiro atoms. The first-order valence-corrected chi connectivity index (χ1v) is 14.6. The van der Waals surface area contributed by atoms with Crippen LogP contribution < -0.4 is 0 Å². The maximum Gasteiger partial charge on any atom is 0.0318 e. The Morgan fingerprint density at radius 3 is 2.11 bits per heavy atom. The van der Waals surface area contributed by atoms with E-state index in [1.807, 2.05) is 68.4 Å². The van der Waals surface area contributed by atoms with Crippen molar-refractivity contribution in [1.29, 1.82) is 0 Å². The summed E-state index contributed by atoms with van der Waals surface area (Å²) >= 11 is 0. The number of aromatic nitrogens is 2. The molecule has 7 aromatic rings. The molecule has 7 rings (SSSR count). The molecule has 0 bridgehead atoms. The van der Waals surface area contributed by atoms with Crippen LogP contribution in [0.25, 0.3) is 55.2 Å². The molecule has 0 amide bonds. The van der Waals surface area contributed by atoms with Gasteiger partial charge in [-0.2, -0.15) is 0 Å². The van der Waals surface area contributed by atoms with Crippen molar-refractivity contribution in [3.63, 3.8) is 0 Å². The molecule has 5 aromatic carbocycles. The topological polar surface area (TPSA) is 25.8 Å². The Bertz CT molecular complexity index is 2020. The van der Waals surface area contributed by atoms with Gasteiger partial charge in [0.1, 0.15) is 0 Å². The minimum Gasteiger partial charge on any atom is -0.305 e. The van der Waals surface area contributed by atoms with Gasteiger partial charge in [-0.1, -0.05) is 108 Å². The average molecular weight is 749 g/mol. The third kappa shape index (κ3) is 6.86. The van der Waals surface area contributed by atoms with Crippen molar-refractivity contribution < 1.29 is 22.8 Å². The van der Waals surface area contributed by atoms with E-state index in [-0.39, 0.29) is 26.0 Å². The number of hydrogen-bond acceptors (Lipinski definition) is 2. The zero-order valence-corrected chi connectivity index (χ0v) is 27.4. The number of fused-ring (bicyclic) bond motifs is 3. The van der Waals surface area contributed by atoms with Crippen LogP contribution in [0.3, 0.4) is 0 Å². The minimum absolute atomic E-state index is 0. The zero-order valence-electron chi connectivity index (χ0n) is 27.0. The summed E-state index contributed by atoms with van der Waals surface area (Å²) in [6.07, 6.45) is 2.07. The molecule has 0 atom stereocenters. The maximum absolute atomic E-state index is 8.51. The number of benzene rings is 5. The summed E-state index contributed by atoms with van der Waals surface area (Å²) in [6, 6.07) is 47.1. The van der Waals surface area contributed by atoms with E-state index >= 15 is 0 Å². The Kier molecular flexibility index (Phi) is 9.25. The van der Waals surface area contributed by atoms with E-state index in [0.717, 1.165) is 33.3 Å². The van der Waals surface area contributed by atoms with Gasteiger partial charge in [-0.25, -0.2) is 0 Å². The van der Waals surface area contributed by atoms with Crippen LogP contribution in [0.15, 0.2) is 134 Å². The summed E-state index contributed by atoms with van der Waals surface area (Å²) in [5, 5.41) is 4.78. The molecule has 44 heavy (non-hydrogen) atoms. The van der Waals surface area contributed by atoms with Crippen LogP contribution in [0.1, 0.15) is 27.7 Å². The van der Waals surface area contributed by atoms with Gasteiger partial charge in [-0.3, -0.25) is 0 Å². The van der Waals surface area contributed by atoms with E-state index in [1.54, 1.807) is 18.5 Å². The fourth-order valence-corrected chi connectivity index (χ4v) is 5.50. The van der Waals surface area contributed by atoms with Crippen molar-refractivity contribution in [3.05, 3.63) is 157 Å². The van der Waals surface area contributed by atoms with Gasteiger partial charge in [0.05, 0.1) is 0 Å². The average Bonchev–Trinajstić information content (AvgIpc) is 3.10. The Labute approximate surface area is 277 Å². The van der Waals surface area contributed by atoms with Crippen molar-refractivity contribution in [1.82, 2.24) is 9.97 Å². The van der Waals surface area contributed by atoms with Gasteiger partial charge in [0.2, 0.25) is 0 Å². The largest absolute Gasteiger partial charge is 0.305 e. The molecule has 0 fully saturated rings. The predicted octanol–water partition coefficient (Wildman–Crippen LogP) is 10.6. The van der Waals surface area contributed by atoms with Gasteiger partial charge in [-0.05, 0) is 64.8 Å². The second-order valence-electron chi connectivity index (χ2n) is 10.8. The van der Waals surface area contributed by atoms with Gasteiger partial charge >= 0.3 is 0 Å². The summed E-state index contributed by atoms with van der Waals surface area (Å²) in [5.41, 5.74) is 7.91. The van der Waals surface area contributed by atoms with Crippen LogP contribution in [-0.4, -0.2) is 9.97 Å². The minimum atomic E-state index is -1.42. The van der Waals surface area contributed by atoms with Crippen LogP contribution >= 0.6 is 0 Å². The first-order chi connectivity index (χ1) is 21.8. The molecule has 2 aromatic heterocycles. The SMILES string of the molecule is [2H]C([2H])(c1ccnc(-c2[c-]cc3c(c2)c(-c2ccccc2)c(C)c2ccccc23)c1)C(C)C.[Ir].[c-]1ccccc1-c1ccccn1. The Balaban J connectivity index is 0.000000269. The van der Waals surface area contributed by atoms with E-state index in [1.165, 1.54) is 27.5 Å². The first-order valence-electron chi connectivity index (χ1n) is 15.6. The van der Waals surface area contributed by atoms with Gasteiger partial charge in [0, 0.05) is 35.2 Å². The van der Waals surface area contributed by atoms with E-state index in [4.69, 9.17) is 2.74 Å². The molecule has 0 aliphatic rings. The van der Waals surface area contributed by atoms with Crippen molar-refractivity contribution in [2.75, 3.05) is 0 Å². The quantitative estimate of drug-likeness (QED) is 0.129. The van der Waals surface area contributed by atoms with Crippen molar-refractivity contribution >= 4 is 21.5 Å². The Hall–Kier alpha value is -4.43. The van der Waals surface area contributed by atoms with Crippen LogP contribution in [0.5, 0.6) is 0 Å². The second-order valence-corrected chi connectivity index (χ2v) is 10.8. The molecule has 2 heterocycles. The van der Waals surface area contributed by atoms with E-state index in [2.05, 4.69) is 89.7 Å². The summed E-state index contributed by atoms with van der Waals surface area (Å²) in [4.78, 5) is 8.80. The van der Waals surface area contributed by atoms with E-state index in [9.17, 15) is 0 Å². The Morgan fingerprint density at radius 2 is 1.39 bits per heavy atom. The number of nitrogens with zero attached hydrogens (tertiary/aromatic N) is 2. The van der Waals surface area contributed by atoms with Crippen molar-refractivity contribution in [2.45, 2.75) is 27.1 Å². The number of hydrogen-bond donors (Lipinski definition) is 0. The maximum atomic E-state index is 8.51. The predicted molar refractivity (Wildman–Crippen MR) is 181 cm³/mol. The number of pyridine rings is 2. The number of rotatable bonds is 5. The zero-order chi connectivity index (χ0) is 31.4. The van der Waals surface area contributed by atoms with Gasteiger partial charge in [0.25, 0.3) is 0 Å². The molecule has 3 heteroatoms. The van der Waals surface area contributed by atoms with Crippen LogP contribution in [-0.2, 0) is 26.5 Å².